The van der Waals surface area contributed by atoms with Crippen molar-refractivity contribution in [3.8, 4) is 11.4 Å². The van der Waals surface area contributed by atoms with Crippen molar-refractivity contribution >= 4 is 23.3 Å². The van der Waals surface area contributed by atoms with Crippen LogP contribution in [0.3, 0.4) is 0 Å². The van der Waals surface area contributed by atoms with E-state index in [1.807, 2.05) is 0 Å². The number of benzene rings is 2. The van der Waals surface area contributed by atoms with E-state index in [1.54, 1.807) is 41.2 Å². The Labute approximate surface area is 147 Å². The Morgan fingerprint density at radius 1 is 1.24 bits per heavy atom. The van der Waals surface area contributed by atoms with E-state index in [-0.39, 0.29) is 29.0 Å². The SMILES string of the molecule is O=C1CC(c2ccc(O)cc2)c2ncn(-c3ccc(F)c(Cl)c3)c2N1. The van der Waals surface area contributed by atoms with Crippen LogP contribution in [0.5, 0.6) is 5.75 Å². The number of amides is 1. The van der Waals surface area contributed by atoms with E-state index in [9.17, 15) is 14.3 Å². The number of phenolic OH excluding ortho intramolecular Hbond substituents is 1. The molecule has 4 rings (SSSR count). The molecule has 0 fully saturated rings. The molecule has 2 aromatic carbocycles. The van der Waals surface area contributed by atoms with Crippen LogP contribution >= 0.6 is 11.6 Å². The number of aromatic hydroxyl groups is 1. The van der Waals surface area contributed by atoms with Crippen molar-refractivity contribution in [3.63, 3.8) is 0 Å². The highest BCUT2D eigenvalue weighted by atomic mass is 35.5. The van der Waals surface area contributed by atoms with Crippen molar-refractivity contribution in [2.75, 3.05) is 5.32 Å². The number of aromatic nitrogens is 2. The van der Waals surface area contributed by atoms with E-state index in [0.717, 1.165) is 5.56 Å². The quantitative estimate of drug-likeness (QED) is 0.732. The first-order valence-corrected chi connectivity index (χ1v) is 8.02. The number of rotatable bonds is 2. The van der Waals surface area contributed by atoms with E-state index < -0.39 is 5.82 Å². The summed E-state index contributed by atoms with van der Waals surface area (Å²) >= 11 is 5.86. The van der Waals surface area contributed by atoms with Gasteiger partial charge in [-0.1, -0.05) is 23.7 Å². The van der Waals surface area contributed by atoms with Crippen molar-refractivity contribution < 1.29 is 14.3 Å². The average molecular weight is 358 g/mol. The molecule has 1 aliphatic rings. The highest BCUT2D eigenvalue weighted by Crippen LogP contribution is 2.38. The number of anilines is 1. The Morgan fingerprint density at radius 2 is 2.00 bits per heavy atom. The lowest BCUT2D eigenvalue weighted by molar-refractivity contribution is -0.116. The summed E-state index contributed by atoms with van der Waals surface area (Å²) in [6.45, 7) is 0. The zero-order valence-corrected chi connectivity index (χ0v) is 13.7. The Bertz CT molecular complexity index is 969. The van der Waals surface area contributed by atoms with Crippen LogP contribution in [0.4, 0.5) is 10.2 Å². The Balaban J connectivity index is 1.81. The third kappa shape index (κ3) is 2.74. The molecule has 2 N–H and O–H groups in total. The van der Waals surface area contributed by atoms with Gasteiger partial charge >= 0.3 is 0 Å². The largest absolute Gasteiger partial charge is 0.508 e. The van der Waals surface area contributed by atoms with E-state index in [1.165, 1.54) is 12.1 Å². The molecule has 2 heterocycles. The number of phenols is 1. The van der Waals surface area contributed by atoms with Gasteiger partial charge < -0.3 is 10.4 Å². The predicted molar refractivity (Wildman–Crippen MR) is 91.7 cm³/mol. The second kappa shape index (κ2) is 5.89. The van der Waals surface area contributed by atoms with Gasteiger partial charge in [0.15, 0.2) is 0 Å². The third-order valence-corrected chi connectivity index (χ3v) is 4.54. The van der Waals surface area contributed by atoms with Crippen LogP contribution in [0.1, 0.15) is 23.6 Å². The van der Waals surface area contributed by atoms with E-state index >= 15 is 0 Å². The lowest BCUT2D eigenvalue weighted by Crippen LogP contribution is -2.24. The first kappa shape index (κ1) is 15.7. The standard InChI is InChI=1S/C18H13ClFN3O2/c19-14-7-11(3-6-15(14)20)23-9-21-17-13(8-16(25)22-18(17)23)10-1-4-12(24)5-2-10/h1-7,9,13,24H,8H2,(H,22,25). The van der Waals surface area contributed by atoms with Crippen LogP contribution in [-0.4, -0.2) is 20.6 Å². The van der Waals surface area contributed by atoms with Gasteiger partial charge in [0.25, 0.3) is 0 Å². The summed E-state index contributed by atoms with van der Waals surface area (Å²) < 4.78 is 15.1. The molecular weight excluding hydrogens is 345 g/mol. The smallest absolute Gasteiger partial charge is 0.226 e. The minimum absolute atomic E-state index is 0.00262. The Morgan fingerprint density at radius 3 is 2.72 bits per heavy atom. The highest BCUT2D eigenvalue weighted by molar-refractivity contribution is 6.30. The monoisotopic (exact) mass is 357 g/mol. The third-order valence-electron chi connectivity index (χ3n) is 4.25. The molecule has 1 aromatic heterocycles. The number of carbonyl (C=O) groups is 1. The summed E-state index contributed by atoms with van der Waals surface area (Å²) in [6.07, 6.45) is 1.84. The Hall–Kier alpha value is -2.86. The van der Waals surface area contributed by atoms with Crippen molar-refractivity contribution in [1.29, 1.82) is 0 Å². The Kier molecular flexibility index (Phi) is 3.69. The lowest BCUT2D eigenvalue weighted by Gasteiger charge is -2.23. The zero-order valence-electron chi connectivity index (χ0n) is 12.9. The number of hydrogen-bond donors (Lipinski definition) is 2. The van der Waals surface area contributed by atoms with Gasteiger partial charge in [0.05, 0.1) is 16.4 Å². The molecule has 0 bridgehead atoms. The summed E-state index contributed by atoms with van der Waals surface area (Å²) in [4.78, 5) is 16.6. The van der Waals surface area contributed by atoms with Gasteiger partial charge in [0, 0.05) is 12.3 Å². The molecule has 25 heavy (non-hydrogen) atoms. The first-order valence-electron chi connectivity index (χ1n) is 7.64. The molecule has 5 nitrogen and oxygen atoms in total. The fourth-order valence-corrected chi connectivity index (χ4v) is 3.19. The van der Waals surface area contributed by atoms with Crippen LogP contribution in [-0.2, 0) is 4.79 Å². The fourth-order valence-electron chi connectivity index (χ4n) is 3.02. The number of nitrogens with zero attached hydrogens (tertiary/aromatic N) is 2. The summed E-state index contributed by atoms with van der Waals surface area (Å²) in [5, 5.41) is 12.3. The second-order valence-corrected chi connectivity index (χ2v) is 6.25. The summed E-state index contributed by atoms with van der Waals surface area (Å²) in [6, 6.07) is 11.0. The number of carbonyl (C=O) groups excluding carboxylic acids is 1. The molecule has 1 atom stereocenters. The number of imidazole rings is 1. The fraction of sp³-hybridized carbons (Fsp3) is 0.111. The second-order valence-electron chi connectivity index (χ2n) is 5.84. The van der Waals surface area contributed by atoms with Crippen molar-refractivity contribution in [3.05, 3.63) is 70.9 Å². The molecule has 3 aromatic rings. The summed E-state index contributed by atoms with van der Waals surface area (Å²) in [7, 11) is 0. The van der Waals surface area contributed by atoms with E-state index in [2.05, 4.69) is 10.3 Å². The van der Waals surface area contributed by atoms with Crippen LogP contribution in [0.25, 0.3) is 5.69 Å². The number of fused-ring (bicyclic) bond motifs is 1. The predicted octanol–water partition coefficient (Wildman–Crippen LogP) is 3.84. The summed E-state index contributed by atoms with van der Waals surface area (Å²) in [5.41, 5.74) is 2.20. The normalized spacial score (nSPS) is 16.4. The van der Waals surface area contributed by atoms with E-state index in [4.69, 9.17) is 11.6 Å². The molecule has 0 radical (unpaired) electrons. The van der Waals surface area contributed by atoms with E-state index in [0.29, 0.717) is 17.2 Å². The minimum Gasteiger partial charge on any atom is -0.508 e. The number of hydrogen-bond acceptors (Lipinski definition) is 3. The maximum Gasteiger partial charge on any atom is 0.226 e. The van der Waals surface area contributed by atoms with Crippen LogP contribution in [0, 0.1) is 5.82 Å². The van der Waals surface area contributed by atoms with Crippen LogP contribution < -0.4 is 5.32 Å². The van der Waals surface area contributed by atoms with Gasteiger partial charge in [-0.05, 0) is 35.9 Å². The molecule has 126 valence electrons. The zero-order chi connectivity index (χ0) is 17.6. The van der Waals surface area contributed by atoms with Gasteiger partial charge in [-0.2, -0.15) is 0 Å². The molecule has 0 saturated carbocycles. The molecule has 0 spiro atoms. The van der Waals surface area contributed by atoms with Crippen molar-refractivity contribution in [2.24, 2.45) is 0 Å². The lowest BCUT2D eigenvalue weighted by atomic mass is 9.90. The number of nitrogens with one attached hydrogen (secondary N) is 1. The van der Waals surface area contributed by atoms with Gasteiger partial charge in [-0.3, -0.25) is 9.36 Å². The molecule has 1 aliphatic heterocycles. The van der Waals surface area contributed by atoms with Crippen molar-refractivity contribution in [2.45, 2.75) is 12.3 Å². The number of halogens is 2. The molecule has 0 saturated heterocycles. The molecule has 1 unspecified atom stereocenters. The molecule has 7 heteroatoms. The average Bonchev–Trinajstić information content (AvgIpc) is 3.01. The molecule has 0 aliphatic carbocycles. The maximum absolute atomic E-state index is 13.4. The van der Waals surface area contributed by atoms with Crippen LogP contribution in [0.2, 0.25) is 5.02 Å². The van der Waals surface area contributed by atoms with Gasteiger partial charge in [0.1, 0.15) is 23.7 Å². The van der Waals surface area contributed by atoms with Crippen molar-refractivity contribution in [1.82, 2.24) is 9.55 Å². The van der Waals surface area contributed by atoms with Gasteiger partial charge in [-0.25, -0.2) is 9.37 Å². The molecular formula is C18H13ClFN3O2. The maximum atomic E-state index is 13.4. The topological polar surface area (TPSA) is 67.1 Å². The molecule has 1 amide bonds. The summed E-state index contributed by atoms with van der Waals surface area (Å²) in [5.74, 6) is -0.167. The van der Waals surface area contributed by atoms with Gasteiger partial charge in [0.2, 0.25) is 5.91 Å². The van der Waals surface area contributed by atoms with Crippen LogP contribution in [0.15, 0.2) is 48.8 Å². The highest BCUT2D eigenvalue weighted by Gasteiger charge is 2.31. The van der Waals surface area contributed by atoms with Gasteiger partial charge in [-0.15, -0.1) is 0 Å². The minimum atomic E-state index is -0.509. The first-order chi connectivity index (χ1) is 12.0.